The molecule has 0 aromatic carbocycles. The van der Waals surface area contributed by atoms with Crippen molar-refractivity contribution in [1.29, 1.82) is 0 Å². The van der Waals surface area contributed by atoms with Crippen molar-refractivity contribution in [2.75, 3.05) is 57.3 Å². The van der Waals surface area contributed by atoms with E-state index in [1.807, 2.05) is 11.8 Å². The highest BCUT2D eigenvalue weighted by atomic mass is 127. The monoisotopic (exact) mass is 502 g/mol. The molecule has 2 heterocycles. The lowest BCUT2D eigenvalue weighted by molar-refractivity contribution is -0.127. The van der Waals surface area contributed by atoms with Gasteiger partial charge in [-0.15, -0.1) is 24.0 Å². The summed E-state index contributed by atoms with van der Waals surface area (Å²) in [5.74, 6) is 4.05. The van der Waals surface area contributed by atoms with E-state index in [-0.39, 0.29) is 42.0 Å². The molecule has 0 radical (unpaired) electrons. The first-order valence-electron chi connectivity index (χ1n) is 8.50. The Morgan fingerprint density at radius 2 is 2.28 bits per heavy atom. The number of halogens is 1. The van der Waals surface area contributed by atoms with Crippen LogP contribution in [0.3, 0.4) is 0 Å². The van der Waals surface area contributed by atoms with E-state index in [4.69, 9.17) is 4.74 Å². The lowest BCUT2D eigenvalue weighted by Gasteiger charge is -2.38. The Labute approximate surface area is 177 Å². The minimum atomic E-state index is 0. The van der Waals surface area contributed by atoms with Crippen LogP contribution in [-0.4, -0.2) is 85.7 Å². The molecule has 0 aromatic rings. The first-order valence-corrected chi connectivity index (χ1v) is 11.1. The van der Waals surface area contributed by atoms with Gasteiger partial charge in [0.05, 0.1) is 5.60 Å². The molecule has 25 heavy (non-hydrogen) atoms. The topological polar surface area (TPSA) is 66.0 Å². The third-order valence-corrected chi connectivity index (χ3v) is 6.21. The highest BCUT2D eigenvalue weighted by Crippen LogP contribution is 2.38. The Morgan fingerprint density at radius 1 is 1.48 bits per heavy atom. The van der Waals surface area contributed by atoms with Crippen molar-refractivity contribution >= 4 is 59.4 Å². The van der Waals surface area contributed by atoms with Gasteiger partial charge in [-0.3, -0.25) is 4.79 Å². The third kappa shape index (κ3) is 7.72. The van der Waals surface area contributed by atoms with Gasteiger partial charge in [0.2, 0.25) is 5.91 Å². The number of aliphatic imine (C=N–C) groups is 1. The Bertz CT molecular complexity index is 446. The summed E-state index contributed by atoms with van der Waals surface area (Å²) in [7, 11) is 3.51. The van der Waals surface area contributed by atoms with E-state index in [2.05, 4.69) is 21.9 Å². The van der Waals surface area contributed by atoms with E-state index < -0.39 is 0 Å². The molecule has 1 amide bonds. The van der Waals surface area contributed by atoms with Gasteiger partial charge in [-0.25, -0.2) is 4.99 Å². The van der Waals surface area contributed by atoms with Crippen molar-refractivity contribution in [1.82, 2.24) is 15.5 Å². The number of hydrogen-bond acceptors (Lipinski definition) is 5. The summed E-state index contributed by atoms with van der Waals surface area (Å²) in [5, 5.41) is 6.87. The summed E-state index contributed by atoms with van der Waals surface area (Å²) in [6.07, 6.45) is 5.23. The van der Waals surface area contributed by atoms with Crippen molar-refractivity contribution in [3.05, 3.63) is 0 Å². The fraction of sp³-hybridized carbons (Fsp3) is 0.875. The normalized spacial score (nSPS) is 26.2. The van der Waals surface area contributed by atoms with Crippen LogP contribution in [0.15, 0.2) is 4.99 Å². The molecular weight excluding hydrogens is 471 g/mol. The van der Waals surface area contributed by atoms with Crippen LogP contribution in [0.1, 0.15) is 19.3 Å². The van der Waals surface area contributed by atoms with Gasteiger partial charge in [-0.2, -0.15) is 23.5 Å². The molecule has 2 rings (SSSR count). The van der Waals surface area contributed by atoms with Crippen molar-refractivity contribution in [2.45, 2.75) is 30.9 Å². The molecule has 2 aliphatic heterocycles. The van der Waals surface area contributed by atoms with Gasteiger partial charge in [0, 0.05) is 44.8 Å². The van der Waals surface area contributed by atoms with Gasteiger partial charge in [-0.1, -0.05) is 0 Å². The molecule has 0 aromatic heterocycles. The first-order chi connectivity index (χ1) is 11.5. The fourth-order valence-corrected chi connectivity index (χ4v) is 4.60. The fourth-order valence-electron chi connectivity index (χ4n) is 2.92. The van der Waals surface area contributed by atoms with Crippen LogP contribution < -0.4 is 10.6 Å². The molecule has 0 aliphatic carbocycles. The molecule has 0 saturated carbocycles. The van der Waals surface area contributed by atoms with Crippen LogP contribution in [0.25, 0.3) is 0 Å². The maximum atomic E-state index is 11.8. The number of rotatable bonds is 6. The average Bonchev–Trinajstić information content (AvgIpc) is 2.99. The minimum absolute atomic E-state index is 0. The van der Waals surface area contributed by atoms with Crippen LogP contribution in [0.5, 0.6) is 0 Å². The number of carbonyl (C=O) groups is 1. The number of hydrogen-bond donors (Lipinski definition) is 2. The molecule has 0 bridgehead atoms. The second-order valence-corrected chi connectivity index (χ2v) is 8.63. The molecule has 2 saturated heterocycles. The molecule has 146 valence electrons. The predicted molar refractivity (Wildman–Crippen MR) is 120 cm³/mol. The number of carbonyl (C=O) groups excluding carboxylic acids is 1. The van der Waals surface area contributed by atoms with Crippen LogP contribution >= 0.6 is 47.5 Å². The van der Waals surface area contributed by atoms with Crippen molar-refractivity contribution in [2.24, 2.45) is 4.99 Å². The summed E-state index contributed by atoms with van der Waals surface area (Å²) in [6.45, 7) is 1.81. The van der Waals surface area contributed by atoms with Gasteiger partial charge in [-0.05, 0) is 31.3 Å². The SMILES string of the molecule is CSCCNC(=NCC(=O)N(C)C)NC1CCOC2(CCSC2)C1.I. The molecule has 2 N–H and O–H groups in total. The summed E-state index contributed by atoms with van der Waals surface area (Å²) in [6, 6.07) is 0.354. The largest absolute Gasteiger partial charge is 0.374 e. The summed E-state index contributed by atoms with van der Waals surface area (Å²) < 4.78 is 6.08. The van der Waals surface area contributed by atoms with E-state index in [0.717, 1.165) is 49.9 Å². The van der Waals surface area contributed by atoms with E-state index in [9.17, 15) is 4.79 Å². The summed E-state index contributed by atoms with van der Waals surface area (Å²) in [5.41, 5.74) is 0.0461. The quantitative estimate of drug-likeness (QED) is 0.249. The van der Waals surface area contributed by atoms with Gasteiger partial charge in [0.1, 0.15) is 6.54 Å². The van der Waals surface area contributed by atoms with Gasteiger partial charge in [0.15, 0.2) is 5.96 Å². The second kappa shape index (κ2) is 11.8. The van der Waals surface area contributed by atoms with Crippen LogP contribution in [0.2, 0.25) is 0 Å². The Hall–Kier alpha value is 0.130. The number of likely N-dealkylation sites (N-methyl/N-ethyl adjacent to an activating group) is 1. The highest BCUT2D eigenvalue weighted by Gasteiger charge is 2.40. The Morgan fingerprint density at radius 3 is 2.92 bits per heavy atom. The second-order valence-electron chi connectivity index (χ2n) is 6.54. The molecule has 2 aliphatic rings. The molecular formula is C16H31IN4O2S2. The van der Waals surface area contributed by atoms with E-state index in [0.29, 0.717) is 6.04 Å². The molecule has 1 spiro atoms. The molecule has 2 unspecified atom stereocenters. The minimum Gasteiger partial charge on any atom is -0.374 e. The molecule has 6 nitrogen and oxygen atoms in total. The van der Waals surface area contributed by atoms with Crippen molar-refractivity contribution in [3.63, 3.8) is 0 Å². The number of nitrogens with zero attached hydrogens (tertiary/aromatic N) is 2. The maximum Gasteiger partial charge on any atom is 0.243 e. The number of ether oxygens (including phenoxy) is 1. The smallest absolute Gasteiger partial charge is 0.243 e. The predicted octanol–water partition coefficient (Wildman–Crippen LogP) is 1.65. The molecule has 9 heteroatoms. The number of amides is 1. The Balaban J connectivity index is 0.00000312. The Kier molecular flexibility index (Phi) is 10.9. The van der Waals surface area contributed by atoms with Gasteiger partial charge < -0.3 is 20.3 Å². The van der Waals surface area contributed by atoms with Crippen LogP contribution in [0, 0.1) is 0 Å². The average molecular weight is 502 g/mol. The van der Waals surface area contributed by atoms with Gasteiger partial charge >= 0.3 is 0 Å². The highest BCUT2D eigenvalue weighted by molar-refractivity contribution is 14.0. The van der Waals surface area contributed by atoms with E-state index in [1.54, 1.807) is 30.8 Å². The number of guanidine groups is 1. The van der Waals surface area contributed by atoms with Gasteiger partial charge in [0.25, 0.3) is 0 Å². The molecule has 2 atom stereocenters. The molecule has 2 fully saturated rings. The first kappa shape index (κ1) is 23.2. The number of nitrogens with one attached hydrogen (secondary N) is 2. The summed E-state index contributed by atoms with van der Waals surface area (Å²) in [4.78, 5) is 17.9. The zero-order valence-electron chi connectivity index (χ0n) is 15.4. The van der Waals surface area contributed by atoms with E-state index in [1.165, 1.54) is 5.75 Å². The van der Waals surface area contributed by atoms with Crippen molar-refractivity contribution in [3.8, 4) is 0 Å². The standard InChI is InChI=1S/C16H30N4O2S2.HI/c1-20(2)14(21)11-18-15(17-6-9-23-3)19-13-4-7-22-16(10-13)5-8-24-12-16;/h13H,4-12H2,1-3H3,(H2,17,18,19);1H. The van der Waals surface area contributed by atoms with Crippen molar-refractivity contribution < 1.29 is 9.53 Å². The zero-order chi connectivity index (χ0) is 17.4. The zero-order valence-corrected chi connectivity index (χ0v) is 19.3. The van der Waals surface area contributed by atoms with E-state index >= 15 is 0 Å². The van der Waals surface area contributed by atoms with Crippen LogP contribution in [0.4, 0.5) is 0 Å². The third-order valence-electron chi connectivity index (χ3n) is 4.37. The summed E-state index contributed by atoms with van der Waals surface area (Å²) >= 11 is 3.77. The lowest BCUT2D eigenvalue weighted by Crippen LogP contribution is -2.52. The van der Waals surface area contributed by atoms with Crippen LogP contribution in [-0.2, 0) is 9.53 Å². The maximum absolute atomic E-state index is 11.8. The number of thioether (sulfide) groups is 2. The lowest BCUT2D eigenvalue weighted by atomic mass is 9.90.